The number of sulfonamides is 1. The van der Waals surface area contributed by atoms with E-state index in [1.54, 1.807) is 10.8 Å². The molecule has 0 radical (unpaired) electrons. The SMILES string of the molecule is CNS(=O)(=O)C[C@H]1CC[C@H](N(C)c2ncnc3c2ccn3CO)CC1. The number of hydrogen-bond donors (Lipinski definition) is 2. The first-order valence-electron chi connectivity index (χ1n) is 8.50. The molecule has 0 unspecified atom stereocenters. The Bertz CT molecular complexity index is 827. The van der Waals surface area contributed by atoms with Crippen molar-refractivity contribution in [3.63, 3.8) is 0 Å². The number of aliphatic hydroxyl groups excluding tert-OH is 1. The molecule has 0 bridgehead atoms. The fraction of sp³-hybridized carbons (Fsp3) is 0.625. The Morgan fingerprint density at radius 2 is 2.04 bits per heavy atom. The zero-order chi connectivity index (χ0) is 18.0. The minimum atomic E-state index is -3.15. The molecule has 0 amide bonds. The normalized spacial score (nSPS) is 21.6. The van der Waals surface area contributed by atoms with Gasteiger partial charge in [0.25, 0.3) is 0 Å². The highest BCUT2D eigenvalue weighted by molar-refractivity contribution is 7.89. The summed E-state index contributed by atoms with van der Waals surface area (Å²) in [6.45, 7) is -0.116. The Morgan fingerprint density at radius 3 is 2.68 bits per heavy atom. The van der Waals surface area contributed by atoms with Crippen LogP contribution < -0.4 is 9.62 Å². The van der Waals surface area contributed by atoms with Gasteiger partial charge in [0.1, 0.15) is 24.5 Å². The first-order chi connectivity index (χ1) is 11.9. The summed E-state index contributed by atoms with van der Waals surface area (Å²) in [5.74, 6) is 1.27. The zero-order valence-electron chi connectivity index (χ0n) is 14.6. The van der Waals surface area contributed by atoms with E-state index >= 15 is 0 Å². The first kappa shape index (κ1) is 18.1. The van der Waals surface area contributed by atoms with Crippen molar-refractivity contribution < 1.29 is 13.5 Å². The van der Waals surface area contributed by atoms with Gasteiger partial charge in [-0.15, -0.1) is 0 Å². The average Bonchev–Trinajstić information content (AvgIpc) is 3.04. The van der Waals surface area contributed by atoms with Crippen LogP contribution in [0, 0.1) is 5.92 Å². The van der Waals surface area contributed by atoms with Gasteiger partial charge >= 0.3 is 0 Å². The predicted octanol–water partition coefficient (Wildman–Crippen LogP) is 0.925. The van der Waals surface area contributed by atoms with Crippen LogP contribution in [0.5, 0.6) is 0 Å². The van der Waals surface area contributed by atoms with Crippen LogP contribution in [0.25, 0.3) is 11.0 Å². The summed E-state index contributed by atoms with van der Waals surface area (Å²) >= 11 is 0. The van der Waals surface area contributed by atoms with Crippen LogP contribution in [-0.2, 0) is 16.8 Å². The number of nitrogens with zero attached hydrogens (tertiary/aromatic N) is 4. The lowest BCUT2D eigenvalue weighted by atomic mass is 9.86. The molecule has 138 valence electrons. The lowest BCUT2D eigenvalue weighted by molar-refractivity contribution is 0.215. The smallest absolute Gasteiger partial charge is 0.211 e. The van der Waals surface area contributed by atoms with Gasteiger partial charge in [-0.05, 0) is 44.7 Å². The molecular formula is C16H25N5O3S. The summed E-state index contributed by atoms with van der Waals surface area (Å²) in [5.41, 5.74) is 0.716. The third-order valence-electron chi connectivity index (χ3n) is 5.15. The Kier molecular flexibility index (Phi) is 5.26. The maximum atomic E-state index is 11.7. The minimum absolute atomic E-state index is 0.116. The Labute approximate surface area is 147 Å². The van der Waals surface area contributed by atoms with Crippen molar-refractivity contribution in [1.29, 1.82) is 0 Å². The van der Waals surface area contributed by atoms with Crippen LogP contribution in [0.4, 0.5) is 5.82 Å². The molecular weight excluding hydrogens is 342 g/mol. The summed E-state index contributed by atoms with van der Waals surface area (Å²) in [6, 6.07) is 2.24. The van der Waals surface area contributed by atoms with Crippen molar-refractivity contribution in [1.82, 2.24) is 19.3 Å². The van der Waals surface area contributed by atoms with Gasteiger partial charge in [-0.2, -0.15) is 0 Å². The van der Waals surface area contributed by atoms with Crippen LogP contribution in [-0.4, -0.2) is 53.9 Å². The Morgan fingerprint density at radius 1 is 1.32 bits per heavy atom. The maximum Gasteiger partial charge on any atom is 0.211 e. The van der Waals surface area contributed by atoms with E-state index in [0.717, 1.165) is 36.9 Å². The molecule has 3 rings (SSSR count). The highest BCUT2D eigenvalue weighted by Gasteiger charge is 2.28. The minimum Gasteiger partial charge on any atom is -0.376 e. The van der Waals surface area contributed by atoms with Crippen molar-refractivity contribution in [3.05, 3.63) is 18.6 Å². The molecule has 2 heterocycles. The van der Waals surface area contributed by atoms with Crippen LogP contribution in [0.15, 0.2) is 18.6 Å². The highest BCUT2D eigenvalue weighted by atomic mass is 32.2. The molecule has 0 spiro atoms. The molecule has 1 aliphatic carbocycles. The second-order valence-electron chi connectivity index (χ2n) is 6.63. The number of anilines is 1. The molecule has 25 heavy (non-hydrogen) atoms. The lowest BCUT2D eigenvalue weighted by Gasteiger charge is -2.35. The Balaban J connectivity index is 1.71. The van der Waals surface area contributed by atoms with Gasteiger partial charge in [0.15, 0.2) is 0 Å². The fourth-order valence-corrected chi connectivity index (χ4v) is 4.77. The van der Waals surface area contributed by atoms with Gasteiger partial charge in [0.05, 0.1) is 11.1 Å². The van der Waals surface area contributed by atoms with Crippen LogP contribution in [0.1, 0.15) is 25.7 Å². The summed E-state index contributed by atoms with van der Waals surface area (Å²) < 4.78 is 27.5. The van der Waals surface area contributed by atoms with Crippen molar-refractivity contribution in [2.24, 2.45) is 5.92 Å². The molecule has 1 saturated carbocycles. The standard InChI is InChI=1S/C16H25N5O3S/c1-17-25(23,24)9-12-3-5-13(6-4-12)20(2)15-14-7-8-21(11-22)16(14)19-10-18-15/h7-8,10,12-13,17,22H,3-6,9,11H2,1-2H3/t12-,13-. The summed E-state index contributed by atoms with van der Waals surface area (Å²) in [4.78, 5) is 10.9. The van der Waals surface area contributed by atoms with Crippen molar-refractivity contribution in [2.75, 3.05) is 24.7 Å². The number of hydrogen-bond acceptors (Lipinski definition) is 6. The molecule has 2 aromatic rings. The first-order valence-corrected chi connectivity index (χ1v) is 10.1. The average molecular weight is 367 g/mol. The summed E-state index contributed by atoms with van der Waals surface area (Å²) in [7, 11) is 0.338. The zero-order valence-corrected chi connectivity index (χ0v) is 15.4. The lowest BCUT2D eigenvalue weighted by Crippen LogP contribution is -2.37. The third-order valence-corrected chi connectivity index (χ3v) is 6.68. The van der Waals surface area contributed by atoms with Crippen molar-refractivity contribution in [2.45, 2.75) is 38.5 Å². The summed E-state index contributed by atoms with van der Waals surface area (Å²) in [5, 5.41) is 10.3. The fourth-order valence-electron chi connectivity index (χ4n) is 3.65. The number of rotatable bonds is 6. The van der Waals surface area contributed by atoms with E-state index in [4.69, 9.17) is 0 Å². The molecule has 9 heteroatoms. The van der Waals surface area contributed by atoms with Crippen LogP contribution in [0.3, 0.4) is 0 Å². The molecule has 8 nitrogen and oxygen atoms in total. The molecule has 2 aromatic heterocycles. The van der Waals surface area contributed by atoms with E-state index in [1.165, 1.54) is 13.4 Å². The van der Waals surface area contributed by atoms with E-state index in [1.807, 2.05) is 13.1 Å². The number of nitrogens with one attached hydrogen (secondary N) is 1. The molecule has 1 aliphatic rings. The van der Waals surface area contributed by atoms with Crippen LogP contribution >= 0.6 is 0 Å². The molecule has 2 N–H and O–H groups in total. The highest BCUT2D eigenvalue weighted by Crippen LogP contribution is 2.32. The van der Waals surface area contributed by atoms with Gasteiger partial charge in [-0.1, -0.05) is 0 Å². The van der Waals surface area contributed by atoms with E-state index in [9.17, 15) is 13.5 Å². The second kappa shape index (κ2) is 7.27. The quantitative estimate of drug-likeness (QED) is 0.788. The molecule has 0 saturated heterocycles. The van der Waals surface area contributed by atoms with Crippen molar-refractivity contribution in [3.8, 4) is 0 Å². The maximum absolute atomic E-state index is 11.7. The van der Waals surface area contributed by atoms with Gasteiger partial charge in [-0.25, -0.2) is 23.1 Å². The number of aromatic nitrogens is 3. The van der Waals surface area contributed by atoms with E-state index in [2.05, 4.69) is 19.6 Å². The molecule has 1 fully saturated rings. The van der Waals surface area contributed by atoms with E-state index < -0.39 is 10.0 Å². The molecule has 0 atom stereocenters. The van der Waals surface area contributed by atoms with Gasteiger partial charge in [-0.3, -0.25) is 0 Å². The van der Waals surface area contributed by atoms with E-state index in [0.29, 0.717) is 11.7 Å². The monoisotopic (exact) mass is 367 g/mol. The number of aliphatic hydroxyl groups is 1. The second-order valence-corrected chi connectivity index (χ2v) is 8.60. The predicted molar refractivity (Wildman–Crippen MR) is 96.7 cm³/mol. The van der Waals surface area contributed by atoms with E-state index in [-0.39, 0.29) is 18.4 Å². The largest absolute Gasteiger partial charge is 0.376 e. The molecule has 0 aliphatic heterocycles. The third kappa shape index (κ3) is 3.78. The van der Waals surface area contributed by atoms with Crippen LogP contribution in [0.2, 0.25) is 0 Å². The van der Waals surface area contributed by atoms with Gasteiger partial charge in [0, 0.05) is 19.3 Å². The van der Waals surface area contributed by atoms with Gasteiger partial charge in [0.2, 0.25) is 10.0 Å². The Hall–Kier alpha value is -1.71. The summed E-state index contributed by atoms with van der Waals surface area (Å²) in [6.07, 6.45) is 6.98. The van der Waals surface area contributed by atoms with Crippen molar-refractivity contribution >= 4 is 26.9 Å². The molecule has 0 aromatic carbocycles. The number of fused-ring (bicyclic) bond motifs is 1. The topological polar surface area (TPSA) is 100 Å². The van der Waals surface area contributed by atoms with Gasteiger partial charge < -0.3 is 14.6 Å².